The first-order valence-corrected chi connectivity index (χ1v) is 9.21. The Bertz CT molecular complexity index is 1020. The normalized spacial score (nSPS) is 15.1. The van der Waals surface area contributed by atoms with E-state index in [2.05, 4.69) is 10.3 Å². The number of anilines is 1. The van der Waals surface area contributed by atoms with Crippen molar-refractivity contribution in [3.05, 3.63) is 77.9 Å². The first kappa shape index (κ1) is 18.7. The number of carboxylic acid groups (broad SMARTS) is 1. The van der Waals surface area contributed by atoms with E-state index in [9.17, 15) is 14.3 Å². The molecule has 0 spiro atoms. The molecular formula is C22H19FN2O4. The number of carboxylic acids is 1. The second kappa shape index (κ2) is 8.18. The monoisotopic (exact) mass is 394 g/mol. The van der Waals surface area contributed by atoms with Crippen LogP contribution in [0.3, 0.4) is 0 Å². The van der Waals surface area contributed by atoms with Crippen molar-refractivity contribution in [3.63, 3.8) is 0 Å². The molecule has 0 fully saturated rings. The third-order valence-corrected chi connectivity index (χ3v) is 4.79. The summed E-state index contributed by atoms with van der Waals surface area (Å²) in [6, 6.07) is 12.9. The molecular weight excluding hydrogens is 375 g/mol. The molecule has 7 heteroatoms. The van der Waals surface area contributed by atoms with Crippen LogP contribution in [0, 0.1) is 5.82 Å². The van der Waals surface area contributed by atoms with E-state index in [0.717, 1.165) is 17.7 Å². The first-order valence-electron chi connectivity index (χ1n) is 9.21. The zero-order chi connectivity index (χ0) is 20.2. The van der Waals surface area contributed by atoms with Gasteiger partial charge < -0.3 is 19.9 Å². The molecule has 0 bridgehead atoms. The predicted molar refractivity (Wildman–Crippen MR) is 105 cm³/mol. The van der Waals surface area contributed by atoms with E-state index in [1.54, 1.807) is 12.1 Å². The van der Waals surface area contributed by atoms with Crippen molar-refractivity contribution in [1.82, 2.24) is 4.98 Å². The predicted octanol–water partition coefficient (Wildman–Crippen LogP) is 4.69. The van der Waals surface area contributed by atoms with Gasteiger partial charge in [0.15, 0.2) is 0 Å². The van der Waals surface area contributed by atoms with Crippen LogP contribution in [0.15, 0.2) is 60.9 Å². The minimum Gasteiger partial charge on any atom is -0.493 e. The van der Waals surface area contributed by atoms with Crippen LogP contribution in [0.5, 0.6) is 17.2 Å². The van der Waals surface area contributed by atoms with Crippen molar-refractivity contribution in [1.29, 1.82) is 0 Å². The van der Waals surface area contributed by atoms with Gasteiger partial charge in [0.05, 0.1) is 24.1 Å². The molecule has 2 heterocycles. The second-order valence-electron chi connectivity index (χ2n) is 6.70. The van der Waals surface area contributed by atoms with Crippen LogP contribution in [0.2, 0.25) is 0 Å². The molecule has 0 radical (unpaired) electrons. The molecule has 2 N–H and O–H groups in total. The van der Waals surface area contributed by atoms with Gasteiger partial charge in [-0.3, -0.25) is 4.98 Å². The van der Waals surface area contributed by atoms with Crippen LogP contribution < -0.4 is 14.8 Å². The van der Waals surface area contributed by atoms with E-state index in [1.807, 2.05) is 18.2 Å². The van der Waals surface area contributed by atoms with Gasteiger partial charge in [0.25, 0.3) is 0 Å². The van der Waals surface area contributed by atoms with E-state index in [0.29, 0.717) is 30.3 Å². The molecule has 3 aromatic rings. The second-order valence-corrected chi connectivity index (χ2v) is 6.70. The van der Waals surface area contributed by atoms with Crippen molar-refractivity contribution in [3.8, 4) is 17.2 Å². The van der Waals surface area contributed by atoms with Crippen LogP contribution in [0.1, 0.15) is 28.3 Å². The maximum Gasteiger partial charge on any atom is 0.337 e. The highest BCUT2D eigenvalue weighted by molar-refractivity contribution is 5.93. The molecule has 0 saturated heterocycles. The summed E-state index contributed by atoms with van der Waals surface area (Å²) in [5.74, 6) is 0.710. The van der Waals surface area contributed by atoms with Crippen LogP contribution >= 0.6 is 0 Å². The fourth-order valence-electron chi connectivity index (χ4n) is 3.31. The molecule has 2 aromatic carbocycles. The van der Waals surface area contributed by atoms with E-state index >= 15 is 0 Å². The standard InChI is InChI=1S/C22H19FN2O4/c23-15-1-3-16(4-2-15)29-17-5-6-18-14(8-10-28-21(18)11-17)12-25-20-13-24-9-7-19(20)22(26)27/h1-7,9,11,13-14,25H,8,10,12H2,(H,26,27). The van der Waals surface area contributed by atoms with Crippen LogP contribution in [0.4, 0.5) is 10.1 Å². The third-order valence-electron chi connectivity index (χ3n) is 4.79. The lowest BCUT2D eigenvalue weighted by molar-refractivity contribution is 0.0697. The maximum absolute atomic E-state index is 13.0. The zero-order valence-corrected chi connectivity index (χ0v) is 15.5. The van der Waals surface area contributed by atoms with Gasteiger partial charge in [-0.05, 0) is 48.4 Å². The summed E-state index contributed by atoms with van der Waals surface area (Å²) in [5.41, 5.74) is 1.70. The van der Waals surface area contributed by atoms with Gasteiger partial charge in [-0.2, -0.15) is 0 Å². The van der Waals surface area contributed by atoms with Gasteiger partial charge >= 0.3 is 5.97 Å². The number of aromatic carboxylic acids is 1. The number of ether oxygens (including phenoxy) is 2. The minimum absolute atomic E-state index is 0.153. The molecule has 1 atom stereocenters. The Morgan fingerprint density at radius 3 is 2.79 bits per heavy atom. The van der Waals surface area contributed by atoms with Crippen LogP contribution in [-0.2, 0) is 0 Å². The topological polar surface area (TPSA) is 80.7 Å². The fraction of sp³-hybridized carbons (Fsp3) is 0.182. The summed E-state index contributed by atoms with van der Waals surface area (Å²) < 4.78 is 24.6. The average Bonchev–Trinajstić information content (AvgIpc) is 2.74. The van der Waals surface area contributed by atoms with Gasteiger partial charge in [0.2, 0.25) is 0 Å². The summed E-state index contributed by atoms with van der Waals surface area (Å²) in [6.07, 6.45) is 3.78. The number of hydrogen-bond donors (Lipinski definition) is 2. The first-order chi connectivity index (χ1) is 14.1. The molecule has 148 valence electrons. The van der Waals surface area contributed by atoms with Crippen molar-refractivity contribution in [2.24, 2.45) is 0 Å². The van der Waals surface area contributed by atoms with Crippen LogP contribution in [-0.4, -0.2) is 29.2 Å². The Labute approximate surface area is 166 Å². The van der Waals surface area contributed by atoms with Crippen molar-refractivity contribution < 1.29 is 23.8 Å². The summed E-state index contributed by atoms with van der Waals surface area (Å²) in [5, 5.41) is 12.5. The third kappa shape index (κ3) is 4.29. The number of benzene rings is 2. The van der Waals surface area contributed by atoms with Gasteiger partial charge in [-0.1, -0.05) is 6.07 Å². The lowest BCUT2D eigenvalue weighted by Gasteiger charge is -2.27. The van der Waals surface area contributed by atoms with E-state index in [4.69, 9.17) is 9.47 Å². The zero-order valence-electron chi connectivity index (χ0n) is 15.5. The van der Waals surface area contributed by atoms with Crippen molar-refractivity contribution in [2.75, 3.05) is 18.5 Å². The van der Waals surface area contributed by atoms with E-state index < -0.39 is 5.97 Å². The Hall–Kier alpha value is -3.61. The largest absolute Gasteiger partial charge is 0.493 e. The number of rotatable bonds is 6. The molecule has 6 nitrogen and oxygen atoms in total. The lowest BCUT2D eigenvalue weighted by Crippen LogP contribution is -2.21. The number of pyridine rings is 1. The number of nitrogens with zero attached hydrogens (tertiary/aromatic N) is 1. The van der Waals surface area contributed by atoms with E-state index in [1.165, 1.54) is 30.6 Å². The van der Waals surface area contributed by atoms with Crippen LogP contribution in [0.25, 0.3) is 0 Å². The average molecular weight is 394 g/mol. The SMILES string of the molecule is O=C(O)c1ccncc1NCC1CCOc2cc(Oc3ccc(F)cc3)ccc21. The maximum atomic E-state index is 13.0. The summed E-state index contributed by atoms with van der Waals surface area (Å²) in [7, 11) is 0. The van der Waals surface area contributed by atoms with Crippen molar-refractivity contribution in [2.45, 2.75) is 12.3 Å². The Kier molecular flexibility index (Phi) is 5.29. The molecule has 0 amide bonds. The number of halogens is 1. The highest BCUT2D eigenvalue weighted by Gasteiger charge is 2.23. The molecule has 1 aromatic heterocycles. The highest BCUT2D eigenvalue weighted by atomic mass is 19.1. The summed E-state index contributed by atoms with van der Waals surface area (Å²) in [4.78, 5) is 15.4. The van der Waals surface area contributed by atoms with Gasteiger partial charge in [-0.25, -0.2) is 9.18 Å². The Morgan fingerprint density at radius 1 is 1.21 bits per heavy atom. The van der Waals surface area contributed by atoms with Gasteiger partial charge in [0, 0.05) is 24.7 Å². The molecule has 0 aliphatic carbocycles. The lowest BCUT2D eigenvalue weighted by atomic mass is 9.93. The number of hydrogen-bond acceptors (Lipinski definition) is 5. The molecule has 1 aliphatic heterocycles. The summed E-state index contributed by atoms with van der Waals surface area (Å²) in [6.45, 7) is 1.11. The van der Waals surface area contributed by atoms with Gasteiger partial charge in [-0.15, -0.1) is 0 Å². The Morgan fingerprint density at radius 2 is 2.00 bits per heavy atom. The number of aromatic nitrogens is 1. The fourth-order valence-corrected chi connectivity index (χ4v) is 3.31. The Balaban J connectivity index is 1.48. The number of nitrogens with one attached hydrogen (secondary N) is 1. The molecule has 29 heavy (non-hydrogen) atoms. The molecule has 0 saturated carbocycles. The molecule has 1 aliphatic rings. The van der Waals surface area contributed by atoms with E-state index in [-0.39, 0.29) is 17.3 Å². The summed E-state index contributed by atoms with van der Waals surface area (Å²) >= 11 is 0. The number of fused-ring (bicyclic) bond motifs is 1. The molecule has 1 unspecified atom stereocenters. The quantitative estimate of drug-likeness (QED) is 0.631. The van der Waals surface area contributed by atoms with Crippen molar-refractivity contribution >= 4 is 11.7 Å². The molecule has 4 rings (SSSR count). The highest BCUT2D eigenvalue weighted by Crippen LogP contribution is 2.37. The minimum atomic E-state index is -0.995. The smallest absolute Gasteiger partial charge is 0.337 e. The van der Waals surface area contributed by atoms with Gasteiger partial charge in [0.1, 0.15) is 23.1 Å². The number of carbonyl (C=O) groups is 1.